The molecule has 31 heavy (non-hydrogen) atoms. The van der Waals surface area contributed by atoms with E-state index in [1.165, 1.54) is 6.08 Å². The third-order valence-electron chi connectivity index (χ3n) is 5.81. The molecular formula is C24H21Cl2N2O3. The second-order valence-electron chi connectivity index (χ2n) is 7.72. The van der Waals surface area contributed by atoms with E-state index in [0.29, 0.717) is 41.5 Å². The Hall–Kier alpha value is -2.76. The van der Waals surface area contributed by atoms with Crippen molar-refractivity contribution >= 4 is 52.1 Å². The summed E-state index contributed by atoms with van der Waals surface area (Å²) in [6.07, 6.45) is 6.08. The molecule has 159 valence electrons. The molecule has 1 aliphatic rings. The highest BCUT2D eigenvalue weighted by atomic mass is 35.5. The summed E-state index contributed by atoms with van der Waals surface area (Å²) < 4.78 is 2.05. The number of amides is 1. The number of carbonyl (C=O) groups is 2. The zero-order valence-electron chi connectivity index (χ0n) is 16.9. The van der Waals surface area contributed by atoms with Crippen molar-refractivity contribution in [1.29, 1.82) is 0 Å². The number of piperidine rings is 1. The molecule has 3 aromatic rings. The molecule has 1 saturated heterocycles. The Morgan fingerprint density at radius 3 is 2.65 bits per heavy atom. The number of hydrogen-bond acceptors (Lipinski definition) is 2. The van der Waals surface area contributed by atoms with Gasteiger partial charge in [0.05, 0.1) is 16.0 Å². The fraction of sp³-hybridized carbons (Fsp3) is 0.250. The molecular weight excluding hydrogens is 435 g/mol. The van der Waals surface area contributed by atoms with E-state index >= 15 is 0 Å². The number of aromatic nitrogens is 1. The molecule has 4 rings (SSSR count). The minimum Gasteiger partial charge on any atom is -0.481 e. The fourth-order valence-corrected chi connectivity index (χ4v) is 4.35. The smallest absolute Gasteiger partial charge is 0.306 e. The van der Waals surface area contributed by atoms with Gasteiger partial charge < -0.3 is 14.6 Å². The molecule has 2 aromatic carbocycles. The minimum absolute atomic E-state index is 0.173. The predicted octanol–water partition coefficient (Wildman–Crippen LogP) is 5.29. The van der Waals surface area contributed by atoms with Crippen LogP contribution in [0.25, 0.3) is 28.1 Å². The SMILES string of the molecule is Cn1ccc2cc(-c3c[c]c(Cl)c(Cl)c3/C=C/C(=O)N3CCC(C(=O)O)CC3)ccc21. The number of halogens is 2. The van der Waals surface area contributed by atoms with Crippen LogP contribution in [0.3, 0.4) is 0 Å². The summed E-state index contributed by atoms with van der Waals surface area (Å²) in [5.41, 5.74) is 3.54. The fourth-order valence-electron chi connectivity index (χ4n) is 3.97. The van der Waals surface area contributed by atoms with Gasteiger partial charge in [-0.05, 0) is 54.3 Å². The lowest BCUT2D eigenvalue weighted by molar-refractivity contribution is -0.144. The second kappa shape index (κ2) is 8.77. The standard InChI is InChI=1S/C24H21Cl2N2O3/c1-27-11-8-17-14-16(2-6-21(17)27)18-3-5-20(25)23(26)19(18)4-7-22(29)28-12-9-15(10-13-28)24(30)31/h2-4,6-8,11,14-15H,9-10,12-13H2,1H3,(H,30,31)/b7-4+. The van der Waals surface area contributed by atoms with E-state index in [4.69, 9.17) is 28.3 Å². The van der Waals surface area contributed by atoms with Crippen LogP contribution < -0.4 is 0 Å². The first-order chi connectivity index (χ1) is 14.8. The van der Waals surface area contributed by atoms with Crippen LogP contribution in [-0.2, 0) is 16.6 Å². The second-order valence-corrected chi connectivity index (χ2v) is 8.47. The van der Waals surface area contributed by atoms with Crippen molar-refractivity contribution in [3.8, 4) is 11.1 Å². The Morgan fingerprint density at radius 1 is 1.19 bits per heavy atom. The maximum atomic E-state index is 12.7. The first-order valence-electron chi connectivity index (χ1n) is 10.00. The predicted molar refractivity (Wildman–Crippen MR) is 123 cm³/mol. The molecule has 0 atom stereocenters. The molecule has 1 aliphatic heterocycles. The number of hydrogen-bond donors (Lipinski definition) is 1. The van der Waals surface area contributed by atoms with Gasteiger partial charge in [0.1, 0.15) is 0 Å². The van der Waals surface area contributed by atoms with Gasteiger partial charge >= 0.3 is 5.97 Å². The van der Waals surface area contributed by atoms with E-state index in [1.807, 2.05) is 36.0 Å². The van der Waals surface area contributed by atoms with Crippen molar-refractivity contribution in [3.05, 3.63) is 64.3 Å². The molecule has 0 unspecified atom stereocenters. The first-order valence-corrected chi connectivity index (χ1v) is 10.8. The lowest BCUT2D eigenvalue weighted by Gasteiger charge is -2.29. The lowest BCUT2D eigenvalue weighted by Crippen LogP contribution is -2.39. The van der Waals surface area contributed by atoms with Gasteiger partial charge in [0, 0.05) is 54.9 Å². The zero-order chi connectivity index (χ0) is 22.1. The summed E-state index contributed by atoms with van der Waals surface area (Å²) >= 11 is 12.7. The maximum Gasteiger partial charge on any atom is 0.306 e. The van der Waals surface area contributed by atoms with Crippen molar-refractivity contribution in [2.45, 2.75) is 12.8 Å². The van der Waals surface area contributed by atoms with E-state index < -0.39 is 5.97 Å². The Kier molecular flexibility index (Phi) is 6.08. The molecule has 1 fully saturated rings. The highest BCUT2D eigenvalue weighted by molar-refractivity contribution is 6.43. The molecule has 1 aromatic heterocycles. The normalized spacial score (nSPS) is 15.1. The number of aliphatic carboxylic acids is 1. The van der Waals surface area contributed by atoms with Crippen LogP contribution in [-0.4, -0.2) is 39.5 Å². The van der Waals surface area contributed by atoms with E-state index in [0.717, 1.165) is 22.0 Å². The van der Waals surface area contributed by atoms with Crippen LogP contribution in [0.1, 0.15) is 18.4 Å². The van der Waals surface area contributed by atoms with Gasteiger partial charge in [-0.15, -0.1) is 0 Å². The number of aryl methyl sites for hydroxylation is 1. The minimum atomic E-state index is -0.801. The van der Waals surface area contributed by atoms with E-state index in [1.54, 1.807) is 17.0 Å². The number of fused-ring (bicyclic) bond motifs is 1. The number of likely N-dealkylation sites (tertiary alicyclic amines) is 1. The van der Waals surface area contributed by atoms with Gasteiger partial charge in [0.25, 0.3) is 0 Å². The van der Waals surface area contributed by atoms with Crippen LogP contribution >= 0.6 is 23.2 Å². The lowest BCUT2D eigenvalue weighted by atomic mass is 9.96. The Morgan fingerprint density at radius 2 is 1.94 bits per heavy atom. The van der Waals surface area contributed by atoms with Crippen molar-refractivity contribution in [2.24, 2.45) is 13.0 Å². The monoisotopic (exact) mass is 455 g/mol. The van der Waals surface area contributed by atoms with Crippen LogP contribution in [0.5, 0.6) is 0 Å². The number of nitrogens with zero attached hydrogens (tertiary/aromatic N) is 2. The highest BCUT2D eigenvalue weighted by Crippen LogP contribution is 2.36. The molecule has 7 heteroatoms. The number of carboxylic acids is 1. The summed E-state index contributed by atoms with van der Waals surface area (Å²) in [7, 11) is 1.99. The van der Waals surface area contributed by atoms with Gasteiger partial charge in [-0.2, -0.15) is 0 Å². The Balaban J connectivity index is 1.62. The van der Waals surface area contributed by atoms with Crippen molar-refractivity contribution in [2.75, 3.05) is 13.1 Å². The average Bonchev–Trinajstić information content (AvgIpc) is 3.14. The van der Waals surface area contributed by atoms with Crippen LogP contribution in [0.4, 0.5) is 0 Å². The molecule has 0 saturated carbocycles. The van der Waals surface area contributed by atoms with Crippen LogP contribution in [0, 0.1) is 12.0 Å². The molecule has 5 nitrogen and oxygen atoms in total. The number of benzene rings is 2. The van der Waals surface area contributed by atoms with E-state index in [9.17, 15) is 9.59 Å². The molecule has 0 aliphatic carbocycles. The van der Waals surface area contributed by atoms with E-state index in [2.05, 4.69) is 12.1 Å². The average molecular weight is 456 g/mol. The maximum absolute atomic E-state index is 12.7. The Labute approximate surface area is 190 Å². The molecule has 0 bridgehead atoms. The van der Waals surface area contributed by atoms with Gasteiger partial charge in [-0.25, -0.2) is 0 Å². The zero-order valence-corrected chi connectivity index (χ0v) is 18.5. The Bertz CT molecular complexity index is 1190. The van der Waals surface area contributed by atoms with Crippen molar-refractivity contribution < 1.29 is 14.7 Å². The molecule has 1 amide bonds. The summed E-state index contributed by atoms with van der Waals surface area (Å²) in [5, 5.41) is 10.9. The first kappa shape index (κ1) is 21.5. The van der Waals surface area contributed by atoms with Crippen molar-refractivity contribution in [1.82, 2.24) is 9.47 Å². The van der Waals surface area contributed by atoms with Crippen LogP contribution in [0.15, 0.2) is 42.6 Å². The number of carbonyl (C=O) groups excluding carboxylic acids is 1. The number of rotatable bonds is 4. The van der Waals surface area contributed by atoms with Gasteiger partial charge in [0.2, 0.25) is 5.91 Å². The topological polar surface area (TPSA) is 62.5 Å². The van der Waals surface area contributed by atoms with Crippen LogP contribution in [0.2, 0.25) is 10.0 Å². The van der Waals surface area contributed by atoms with Crippen molar-refractivity contribution in [3.63, 3.8) is 0 Å². The third kappa shape index (κ3) is 4.34. The summed E-state index contributed by atoms with van der Waals surface area (Å²) in [5.74, 6) is -1.36. The van der Waals surface area contributed by atoms with Gasteiger partial charge in [0.15, 0.2) is 0 Å². The third-order valence-corrected chi connectivity index (χ3v) is 6.59. The van der Waals surface area contributed by atoms with Gasteiger partial charge in [-0.3, -0.25) is 9.59 Å². The summed E-state index contributed by atoms with van der Waals surface area (Å²) in [6.45, 7) is 0.851. The van der Waals surface area contributed by atoms with E-state index in [-0.39, 0.29) is 11.8 Å². The highest BCUT2D eigenvalue weighted by Gasteiger charge is 2.26. The van der Waals surface area contributed by atoms with Gasteiger partial charge in [-0.1, -0.05) is 29.3 Å². The summed E-state index contributed by atoms with van der Waals surface area (Å²) in [4.78, 5) is 25.5. The molecule has 0 spiro atoms. The largest absolute Gasteiger partial charge is 0.481 e. The number of carboxylic acid groups (broad SMARTS) is 1. The molecule has 2 heterocycles. The summed E-state index contributed by atoms with van der Waals surface area (Å²) in [6, 6.07) is 12.9. The molecule has 1 radical (unpaired) electrons. The quantitative estimate of drug-likeness (QED) is 0.543. The molecule has 1 N–H and O–H groups in total.